The number of rotatable bonds is 2. The van der Waals surface area contributed by atoms with Gasteiger partial charge in [0.05, 0.1) is 17.7 Å². The summed E-state index contributed by atoms with van der Waals surface area (Å²) in [6, 6.07) is -0.431. The van der Waals surface area contributed by atoms with Crippen LogP contribution < -0.4 is 5.73 Å². The van der Waals surface area contributed by atoms with E-state index in [1.54, 1.807) is 4.90 Å². The Kier molecular flexibility index (Phi) is 3.17. The lowest BCUT2D eigenvalue weighted by Gasteiger charge is -2.35. The summed E-state index contributed by atoms with van der Waals surface area (Å²) >= 11 is 0. The van der Waals surface area contributed by atoms with E-state index >= 15 is 0 Å². The van der Waals surface area contributed by atoms with E-state index in [0.717, 1.165) is 0 Å². The fourth-order valence-electron chi connectivity index (χ4n) is 1.84. The number of carbonyl (C=O) groups excluding carboxylic acids is 1. The molecule has 1 aliphatic heterocycles. The van der Waals surface area contributed by atoms with Crippen LogP contribution in [0.5, 0.6) is 0 Å². The summed E-state index contributed by atoms with van der Waals surface area (Å²) in [6.07, 6.45) is 0.854. The first kappa shape index (κ1) is 11.5. The highest BCUT2D eigenvalue weighted by Crippen LogP contribution is 2.29. The fourth-order valence-corrected chi connectivity index (χ4v) is 1.84. The van der Waals surface area contributed by atoms with Crippen molar-refractivity contribution < 1.29 is 9.90 Å². The van der Waals surface area contributed by atoms with Gasteiger partial charge in [-0.3, -0.25) is 4.79 Å². The first-order valence-electron chi connectivity index (χ1n) is 5.16. The Hall–Kier alpha value is -0.610. The lowest BCUT2D eigenvalue weighted by Crippen LogP contribution is -2.53. The zero-order valence-corrected chi connectivity index (χ0v) is 9.16. The molecule has 4 nitrogen and oxygen atoms in total. The number of aliphatic hydroxyl groups excluding tert-OH is 1. The molecule has 4 heteroatoms. The minimum Gasteiger partial charge on any atom is -0.391 e. The van der Waals surface area contributed by atoms with Gasteiger partial charge in [-0.05, 0) is 26.7 Å². The Morgan fingerprint density at radius 1 is 1.71 bits per heavy atom. The molecule has 1 fully saturated rings. The average molecular weight is 200 g/mol. The third kappa shape index (κ3) is 1.77. The van der Waals surface area contributed by atoms with Crippen LogP contribution in [0.3, 0.4) is 0 Å². The molecule has 2 atom stereocenters. The zero-order chi connectivity index (χ0) is 10.9. The molecular formula is C10H20N2O2. The maximum Gasteiger partial charge on any atom is 0.240 e. The summed E-state index contributed by atoms with van der Waals surface area (Å²) in [5, 5.41) is 9.70. The van der Waals surface area contributed by atoms with Crippen LogP contribution in [0.15, 0.2) is 0 Å². The number of hydrogen-bond acceptors (Lipinski definition) is 3. The number of aliphatic hydroxyl groups is 1. The van der Waals surface area contributed by atoms with E-state index < -0.39 is 17.7 Å². The molecule has 0 aliphatic carbocycles. The molecule has 0 aromatic rings. The number of nitrogens with two attached hydrogens (primary N) is 1. The van der Waals surface area contributed by atoms with Crippen molar-refractivity contribution in [3.63, 3.8) is 0 Å². The number of amides is 1. The number of likely N-dealkylation sites (tertiary alicyclic amines) is 1. The molecule has 0 spiro atoms. The van der Waals surface area contributed by atoms with Crippen LogP contribution in [0.2, 0.25) is 0 Å². The van der Waals surface area contributed by atoms with Gasteiger partial charge in [-0.1, -0.05) is 6.92 Å². The second-order valence-electron chi connectivity index (χ2n) is 4.46. The second kappa shape index (κ2) is 3.87. The standard InChI is InChI=1S/C10H20N2O2/c1-4-7(11)9(14)12-6-5-8(13)10(12,2)3/h7-8,13H,4-6,11H2,1-3H3/t7-,8?/m0/s1. The van der Waals surface area contributed by atoms with Crippen molar-refractivity contribution in [2.24, 2.45) is 5.73 Å². The van der Waals surface area contributed by atoms with Crippen molar-refractivity contribution in [3.05, 3.63) is 0 Å². The van der Waals surface area contributed by atoms with Crippen molar-refractivity contribution in [3.8, 4) is 0 Å². The zero-order valence-electron chi connectivity index (χ0n) is 9.16. The van der Waals surface area contributed by atoms with Gasteiger partial charge in [0.1, 0.15) is 0 Å². The van der Waals surface area contributed by atoms with E-state index in [2.05, 4.69) is 0 Å². The quantitative estimate of drug-likeness (QED) is 0.664. The maximum atomic E-state index is 11.8. The average Bonchev–Trinajstić information content (AvgIpc) is 2.40. The number of nitrogens with zero attached hydrogens (tertiary/aromatic N) is 1. The van der Waals surface area contributed by atoms with E-state index in [-0.39, 0.29) is 5.91 Å². The minimum atomic E-state index is -0.468. The summed E-state index contributed by atoms with van der Waals surface area (Å²) in [6.45, 7) is 6.26. The van der Waals surface area contributed by atoms with Crippen LogP contribution in [-0.2, 0) is 4.79 Å². The SMILES string of the molecule is CC[C@H](N)C(=O)N1CCC(O)C1(C)C. The highest BCUT2D eigenvalue weighted by Gasteiger charge is 2.43. The van der Waals surface area contributed by atoms with Crippen LogP contribution in [0, 0.1) is 0 Å². The first-order chi connectivity index (χ1) is 6.41. The van der Waals surface area contributed by atoms with Gasteiger partial charge in [-0.25, -0.2) is 0 Å². The van der Waals surface area contributed by atoms with E-state index in [4.69, 9.17) is 5.73 Å². The van der Waals surface area contributed by atoms with Crippen LogP contribution in [0.25, 0.3) is 0 Å². The Balaban J connectivity index is 2.75. The monoisotopic (exact) mass is 200 g/mol. The molecule has 1 unspecified atom stereocenters. The van der Waals surface area contributed by atoms with Gasteiger partial charge in [0.25, 0.3) is 0 Å². The molecule has 1 heterocycles. The van der Waals surface area contributed by atoms with Crippen LogP contribution in [-0.4, -0.2) is 40.1 Å². The second-order valence-corrected chi connectivity index (χ2v) is 4.46. The number of carbonyl (C=O) groups is 1. The Morgan fingerprint density at radius 3 is 2.64 bits per heavy atom. The van der Waals surface area contributed by atoms with Crippen molar-refractivity contribution >= 4 is 5.91 Å². The van der Waals surface area contributed by atoms with Crippen LogP contribution >= 0.6 is 0 Å². The van der Waals surface area contributed by atoms with E-state index in [0.29, 0.717) is 19.4 Å². The molecule has 0 saturated carbocycles. The smallest absolute Gasteiger partial charge is 0.240 e. The molecule has 1 saturated heterocycles. The summed E-state index contributed by atoms with van der Waals surface area (Å²) in [7, 11) is 0. The molecule has 1 amide bonds. The molecule has 14 heavy (non-hydrogen) atoms. The lowest BCUT2D eigenvalue weighted by molar-refractivity contribution is -0.137. The van der Waals surface area contributed by atoms with Crippen molar-refractivity contribution in [2.75, 3.05) is 6.54 Å². The third-order valence-electron chi connectivity index (χ3n) is 3.16. The molecule has 0 radical (unpaired) electrons. The molecule has 0 aromatic carbocycles. The molecule has 1 aliphatic rings. The molecule has 3 N–H and O–H groups in total. The van der Waals surface area contributed by atoms with Crippen LogP contribution in [0.4, 0.5) is 0 Å². The third-order valence-corrected chi connectivity index (χ3v) is 3.16. The largest absolute Gasteiger partial charge is 0.391 e. The molecule has 82 valence electrons. The predicted octanol–water partition coefficient (Wildman–Crippen LogP) is 0.0955. The summed E-state index contributed by atoms with van der Waals surface area (Å²) in [5.74, 6) is -0.0472. The molecule has 1 rings (SSSR count). The van der Waals surface area contributed by atoms with E-state index in [1.165, 1.54) is 0 Å². The topological polar surface area (TPSA) is 66.6 Å². The van der Waals surface area contributed by atoms with Gasteiger partial charge in [0, 0.05) is 6.54 Å². The van der Waals surface area contributed by atoms with Gasteiger partial charge in [0.2, 0.25) is 5.91 Å². The predicted molar refractivity (Wildman–Crippen MR) is 54.7 cm³/mol. The fraction of sp³-hybridized carbons (Fsp3) is 0.900. The molecular weight excluding hydrogens is 180 g/mol. The lowest BCUT2D eigenvalue weighted by atomic mass is 9.98. The highest BCUT2D eigenvalue weighted by molar-refractivity contribution is 5.82. The molecule has 0 bridgehead atoms. The Labute approximate surface area is 85.1 Å². The molecule has 0 aromatic heterocycles. The van der Waals surface area contributed by atoms with Gasteiger partial charge < -0.3 is 15.7 Å². The normalized spacial score (nSPS) is 27.8. The Bertz CT molecular complexity index is 228. The summed E-state index contributed by atoms with van der Waals surface area (Å²) in [5.41, 5.74) is 5.22. The summed E-state index contributed by atoms with van der Waals surface area (Å²) in [4.78, 5) is 13.5. The van der Waals surface area contributed by atoms with Crippen molar-refractivity contribution in [1.82, 2.24) is 4.90 Å². The Morgan fingerprint density at radius 2 is 2.29 bits per heavy atom. The summed E-state index contributed by atoms with van der Waals surface area (Å²) < 4.78 is 0. The van der Waals surface area contributed by atoms with Crippen molar-refractivity contribution in [1.29, 1.82) is 0 Å². The highest BCUT2D eigenvalue weighted by atomic mass is 16.3. The minimum absolute atomic E-state index is 0.0472. The van der Waals surface area contributed by atoms with E-state index in [1.807, 2.05) is 20.8 Å². The van der Waals surface area contributed by atoms with Gasteiger partial charge in [-0.15, -0.1) is 0 Å². The van der Waals surface area contributed by atoms with Crippen molar-refractivity contribution in [2.45, 2.75) is 51.3 Å². The maximum absolute atomic E-state index is 11.8. The van der Waals surface area contributed by atoms with E-state index in [9.17, 15) is 9.90 Å². The van der Waals surface area contributed by atoms with Gasteiger partial charge in [-0.2, -0.15) is 0 Å². The van der Waals surface area contributed by atoms with Gasteiger partial charge in [0.15, 0.2) is 0 Å². The van der Waals surface area contributed by atoms with Crippen LogP contribution in [0.1, 0.15) is 33.6 Å². The first-order valence-corrected chi connectivity index (χ1v) is 5.16. The number of hydrogen-bond donors (Lipinski definition) is 2. The van der Waals surface area contributed by atoms with Gasteiger partial charge >= 0.3 is 0 Å².